The van der Waals surface area contributed by atoms with Crippen molar-refractivity contribution >= 4 is 51.5 Å². The summed E-state index contributed by atoms with van der Waals surface area (Å²) in [4.78, 5) is 38.3. The van der Waals surface area contributed by atoms with Crippen LogP contribution in [-0.2, 0) is 11.4 Å². The number of aromatic carboxylic acids is 1. The van der Waals surface area contributed by atoms with Gasteiger partial charge in [0.2, 0.25) is 5.43 Å². The molecule has 0 atom stereocenters. The number of carbonyl (C=O) groups is 1. The molecule has 0 aromatic carbocycles. The fourth-order valence-electron chi connectivity index (χ4n) is 3.95. The third-order valence-corrected chi connectivity index (χ3v) is 6.94. The third-order valence-electron chi connectivity index (χ3n) is 5.66. The fraction of sp³-hybridized carbons (Fsp3) is 0.364. The highest BCUT2D eigenvalue weighted by Crippen LogP contribution is 2.25. The molecule has 0 radical (unpaired) electrons. The molecule has 0 unspecified atom stereocenters. The number of hydrogen-bond acceptors (Lipinski definition) is 8. The molecule has 180 valence electrons. The number of fused-ring (bicyclic) bond motifs is 1. The standard InChI is InChI=1S/C22H23ClFN5O4S/c1-3-28-11-14(22(31)32)19(30)13-10-15(24)21(25-20(13)28)29-8-6-27(7-9-29)12-16(26-33-2)17-4-5-18(23)34-17/h4-5,10-11H,3,6-9,12H2,1-2H3,(H,31,32)/b26-16-. The number of halogens is 2. The van der Waals surface area contributed by atoms with Gasteiger partial charge in [-0.25, -0.2) is 14.2 Å². The van der Waals surface area contributed by atoms with Crippen LogP contribution in [0, 0.1) is 5.82 Å². The van der Waals surface area contributed by atoms with E-state index in [0.29, 0.717) is 43.6 Å². The van der Waals surface area contributed by atoms with Gasteiger partial charge in [0.05, 0.1) is 14.6 Å². The van der Waals surface area contributed by atoms with Crippen LogP contribution in [0.3, 0.4) is 0 Å². The van der Waals surface area contributed by atoms with Crippen molar-refractivity contribution in [2.75, 3.05) is 44.7 Å². The highest BCUT2D eigenvalue weighted by Gasteiger charge is 2.25. The minimum Gasteiger partial charge on any atom is -0.477 e. The van der Waals surface area contributed by atoms with E-state index in [9.17, 15) is 14.7 Å². The van der Waals surface area contributed by atoms with Gasteiger partial charge in [0.1, 0.15) is 24.0 Å². The van der Waals surface area contributed by atoms with Gasteiger partial charge in [-0.05, 0) is 25.1 Å². The van der Waals surface area contributed by atoms with E-state index < -0.39 is 22.8 Å². The van der Waals surface area contributed by atoms with Gasteiger partial charge in [-0.1, -0.05) is 16.8 Å². The molecule has 1 fully saturated rings. The van der Waals surface area contributed by atoms with Gasteiger partial charge in [-0.2, -0.15) is 0 Å². The summed E-state index contributed by atoms with van der Waals surface area (Å²) in [6, 6.07) is 4.81. The fourth-order valence-corrected chi connectivity index (χ4v) is 4.97. The van der Waals surface area contributed by atoms with Gasteiger partial charge in [0.25, 0.3) is 0 Å². The Bertz CT molecular complexity index is 1320. The van der Waals surface area contributed by atoms with Crippen molar-refractivity contribution < 1.29 is 19.1 Å². The SMILES string of the molecule is CCn1cc(C(=O)O)c(=O)c2cc(F)c(N3CCN(C/C(=N/OC)c4ccc(Cl)s4)CC3)nc21. The second-order valence-corrected chi connectivity index (χ2v) is 9.43. The molecule has 1 aliphatic rings. The average molecular weight is 508 g/mol. The minimum absolute atomic E-state index is 0.0448. The number of hydrogen-bond donors (Lipinski definition) is 1. The number of oxime groups is 1. The molecule has 1 N–H and O–H groups in total. The Morgan fingerprint density at radius 1 is 1.32 bits per heavy atom. The van der Waals surface area contributed by atoms with E-state index >= 15 is 4.39 Å². The first kappa shape index (κ1) is 24.1. The van der Waals surface area contributed by atoms with E-state index in [4.69, 9.17) is 16.4 Å². The molecule has 34 heavy (non-hydrogen) atoms. The Morgan fingerprint density at radius 2 is 2.06 bits per heavy atom. The maximum absolute atomic E-state index is 15.0. The van der Waals surface area contributed by atoms with Crippen LogP contribution in [0.4, 0.5) is 10.2 Å². The van der Waals surface area contributed by atoms with Gasteiger partial charge in [0.15, 0.2) is 11.6 Å². The molecule has 9 nitrogen and oxygen atoms in total. The van der Waals surface area contributed by atoms with E-state index in [-0.39, 0.29) is 16.9 Å². The molecule has 3 aromatic rings. The molecule has 1 saturated heterocycles. The lowest BCUT2D eigenvalue weighted by Gasteiger charge is -2.35. The largest absolute Gasteiger partial charge is 0.477 e. The number of piperazine rings is 1. The second-order valence-electron chi connectivity index (χ2n) is 7.72. The van der Waals surface area contributed by atoms with Crippen LogP contribution >= 0.6 is 22.9 Å². The van der Waals surface area contributed by atoms with Crippen molar-refractivity contribution in [3.63, 3.8) is 0 Å². The molecule has 1 aliphatic heterocycles. The zero-order chi connectivity index (χ0) is 24.4. The van der Waals surface area contributed by atoms with Crippen LogP contribution < -0.4 is 10.3 Å². The van der Waals surface area contributed by atoms with Crippen molar-refractivity contribution in [2.24, 2.45) is 5.16 Å². The summed E-state index contributed by atoms with van der Waals surface area (Å²) in [6.07, 6.45) is 1.26. The zero-order valence-corrected chi connectivity index (χ0v) is 20.2. The molecule has 4 rings (SSSR count). The number of thiophene rings is 1. The predicted molar refractivity (Wildman–Crippen MR) is 130 cm³/mol. The van der Waals surface area contributed by atoms with Crippen molar-refractivity contribution in [1.29, 1.82) is 0 Å². The normalized spacial score (nSPS) is 15.2. The Morgan fingerprint density at radius 3 is 2.65 bits per heavy atom. The summed E-state index contributed by atoms with van der Waals surface area (Å²) in [5, 5.41) is 13.4. The maximum Gasteiger partial charge on any atom is 0.341 e. The number of nitrogens with zero attached hydrogens (tertiary/aromatic N) is 5. The first-order chi connectivity index (χ1) is 16.3. The van der Waals surface area contributed by atoms with Crippen LogP contribution in [0.25, 0.3) is 11.0 Å². The maximum atomic E-state index is 15.0. The number of anilines is 1. The van der Waals surface area contributed by atoms with Crippen LogP contribution in [0.2, 0.25) is 4.34 Å². The van der Waals surface area contributed by atoms with Crippen LogP contribution in [0.15, 0.2) is 34.3 Å². The summed E-state index contributed by atoms with van der Waals surface area (Å²) in [5.74, 6) is -1.86. The van der Waals surface area contributed by atoms with Crippen molar-refractivity contribution in [2.45, 2.75) is 13.5 Å². The van der Waals surface area contributed by atoms with Crippen LogP contribution in [0.1, 0.15) is 22.2 Å². The van der Waals surface area contributed by atoms with E-state index in [1.165, 1.54) is 24.6 Å². The lowest BCUT2D eigenvalue weighted by Crippen LogP contribution is -2.48. The molecule has 0 bridgehead atoms. The quantitative estimate of drug-likeness (QED) is 0.387. The minimum atomic E-state index is -1.35. The number of aryl methyl sites for hydroxylation is 1. The number of carboxylic acid groups (broad SMARTS) is 1. The van der Waals surface area contributed by atoms with Gasteiger partial charge in [0, 0.05) is 45.5 Å². The van der Waals surface area contributed by atoms with E-state index in [1.54, 1.807) is 11.5 Å². The smallest absolute Gasteiger partial charge is 0.341 e. The van der Waals surface area contributed by atoms with Crippen molar-refractivity contribution in [3.8, 4) is 0 Å². The van der Waals surface area contributed by atoms with Gasteiger partial charge in [-0.15, -0.1) is 11.3 Å². The van der Waals surface area contributed by atoms with Crippen molar-refractivity contribution in [3.05, 3.63) is 55.2 Å². The highest BCUT2D eigenvalue weighted by atomic mass is 35.5. The topological polar surface area (TPSA) is 100 Å². The molecular formula is C22H23ClFN5O4S. The third kappa shape index (κ3) is 4.77. The van der Waals surface area contributed by atoms with Gasteiger partial charge >= 0.3 is 5.97 Å². The van der Waals surface area contributed by atoms with Gasteiger partial charge < -0.3 is 19.4 Å². The Labute approximate surface area is 203 Å². The second kappa shape index (κ2) is 10.1. The lowest BCUT2D eigenvalue weighted by atomic mass is 10.1. The number of carboxylic acids is 1. The Balaban J connectivity index is 1.55. The monoisotopic (exact) mass is 507 g/mol. The zero-order valence-electron chi connectivity index (χ0n) is 18.6. The molecular weight excluding hydrogens is 485 g/mol. The lowest BCUT2D eigenvalue weighted by molar-refractivity contribution is 0.0695. The van der Waals surface area contributed by atoms with E-state index in [2.05, 4.69) is 15.0 Å². The van der Waals surface area contributed by atoms with E-state index in [1.807, 2.05) is 17.0 Å². The Kier molecular flexibility index (Phi) is 7.15. The molecule has 0 aliphatic carbocycles. The molecule has 0 spiro atoms. The summed E-state index contributed by atoms with van der Waals surface area (Å²) < 4.78 is 17.2. The predicted octanol–water partition coefficient (Wildman–Crippen LogP) is 3.14. The van der Waals surface area contributed by atoms with Crippen molar-refractivity contribution in [1.82, 2.24) is 14.5 Å². The molecule has 0 saturated carbocycles. The van der Waals surface area contributed by atoms with Gasteiger partial charge in [-0.3, -0.25) is 9.69 Å². The summed E-state index contributed by atoms with van der Waals surface area (Å²) in [6.45, 7) is 5.06. The number of rotatable bonds is 7. The number of aromatic nitrogens is 2. The summed E-state index contributed by atoms with van der Waals surface area (Å²) in [7, 11) is 1.50. The average Bonchev–Trinajstić information content (AvgIpc) is 3.25. The van der Waals surface area contributed by atoms with E-state index in [0.717, 1.165) is 16.7 Å². The first-order valence-corrected chi connectivity index (χ1v) is 11.8. The highest BCUT2D eigenvalue weighted by molar-refractivity contribution is 7.18. The molecule has 0 amide bonds. The van der Waals surface area contributed by atoms with Crippen LogP contribution in [-0.4, -0.2) is 71.1 Å². The summed E-state index contributed by atoms with van der Waals surface area (Å²) >= 11 is 7.48. The Hall–Kier alpha value is -3.02. The number of pyridine rings is 2. The molecule has 4 heterocycles. The van der Waals surface area contributed by atoms with Crippen LogP contribution in [0.5, 0.6) is 0 Å². The molecule has 12 heteroatoms. The summed E-state index contributed by atoms with van der Waals surface area (Å²) in [5.41, 5.74) is -0.115. The first-order valence-electron chi connectivity index (χ1n) is 10.6. The molecule has 3 aromatic heterocycles.